The number of ketones is 1. The molecular weight excluding hydrogens is 256 g/mol. The molecule has 2 rings (SSSR count). The van der Waals surface area contributed by atoms with Gasteiger partial charge in [-0.1, -0.05) is 23.4 Å². The van der Waals surface area contributed by atoms with Crippen LogP contribution in [-0.4, -0.2) is 21.1 Å². The SMILES string of the molecule is Cn1cccc1C(=O)CSc1ncccc1Cl. The predicted octanol–water partition coefficient (Wildman–Crippen LogP) is 3.05. The van der Waals surface area contributed by atoms with Gasteiger partial charge in [0.2, 0.25) is 0 Å². The third-order valence-electron chi connectivity index (χ3n) is 2.29. The number of aryl methyl sites for hydroxylation is 1. The predicted molar refractivity (Wildman–Crippen MR) is 69.7 cm³/mol. The minimum atomic E-state index is 0.0734. The van der Waals surface area contributed by atoms with E-state index in [-0.39, 0.29) is 5.78 Å². The number of halogens is 1. The van der Waals surface area contributed by atoms with Crippen molar-refractivity contribution in [3.05, 3.63) is 47.4 Å². The molecule has 0 saturated carbocycles. The van der Waals surface area contributed by atoms with Gasteiger partial charge in [-0.25, -0.2) is 4.98 Å². The lowest BCUT2D eigenvalue weighted by Crippen LogP contribution is -2.07. The molecule has 0 radical (unpaired) electrons. The molecule has 2 heterocycles. The van der Waals surface area contributed by atoms with Gasteiger partial charge in [0.05, 0.1) is 16.5 Å². The first kappa shape index (κ1) is 12.2. The highest BCUT2D eigenvalue weighted by molar-refractivity contribution is 8.00. The zero-order valence-corrected chi connectivity index (χ0v) is 10.8. The summed E-state index contributed by atoms with van der Waals surface area (Å²) < 4.78 is 1.81. The van der Waals surface area contributed by atoms with Gasteiger partial charge in [-0.15, -0.1) is 0 Å². The van der Waals surface area contributed by atoms with Crippen molar-refractivity contribution in [1.29, 1.82) is 0 Å². The molecule has 0 aliphatic carbocycles. The Morgan fingerprint density at radius 2 is 2.29 bits per heavy atom. The van der Waals surface area contributed by atoms with Crippen LogP contribution in [0, 0.1) is 0 Å². The summed E-state index contributed by atoms with van der Waals surface area (Å²) in [5.41, 5.74) is 0.699. The molecule has 0 atom stereocenters. The average Bonchev–Trinajstić information content (AvgIpc) is 2.74. The van der Waals surface area contributed by atoms with Gasteiger partial charge in [-0.05, 0) is 24.3 Å². The quantitative estimate of drug-likeness (QED) is 0.630. The van der Waals surface area contributed by atoms with E-state index in [0.29, 0.717) is 21.5 Å². The highest BCUT2D eigenvalue weighted by atomic mass is 35.5. The van der Waals surface area contributed by atoms with Gasteiger partial charge >= 0.3 is 0 Å². The van der Waals surface area contributed by atoms with Crippen LogP contribution >= 0.6 is 23.4 Å². The Morgan fingerprint density at radius 1 is 1.47 bits per heavy atom. The topological polar surface area (TPSA) is 34.9 Å². The van der Waals surface area contributed by atoms with Crippen LogP contribution in [-0.2, 0) is 7.05 Å². The lowest BCUT2D eigenvalue weighted by atomic mass is 10.3. The van der Waals surface area contributed by atoms with Gasteiger partial charge in [-0.3, -0.25) is 4.79 Å². The number of pyridine rings is 1. The maximum absolute atomic E-state index is 11.9. The summed E-state index contributed by atoms with van der Waals surface area (Å²) in [7, 11) is 1.85. The number of hydrogen-bond acceptors (Lipinski definition) is 3. The Morgan fingerprint density at radius 3 is 2.94 bits per heavy atom. The lowest BCUT2D eigenvalue weighted by molar-refractivity contribution is 0.101. The van der Waals surface area contributed by atoms with Gasteiger partial charge in [0.25, 0.3) is 0 Å². The summed E-state index contributed by atoms with van der Waals surface area (Å²) in [6.07, 6.45) is 3.52. The minimum Gasteiger partial charge on any atom is -0.348 e. The van der Waals surface area contributed by atoms with Crippen LogP contribution in [0.25, 0.3) is 0 Å². The van der Waals surface area contributed by atoms with Crippen LogP contribution in [0.4, 0.5) is 0 Å². The highest BCUT2D eigenvalue weighted by Crippen LogP contribution is 2.24. The van der Waals surface area contributed by atoms with E-state index in [1.54, 1.807) is 18.3 Å². The van der Waals surface area contributed by atoms with Crippen molar-refractivity contribution < 1.29 is 4.79 Å². The molecule has 3 nitrogen and oxygen atoms in total. The Labute approximate surface area is 109 Å². The second kappa shape index (κ2) is 5.38. The first-order valence-corrected chi connectivity index (χ1v) is 6.42. The van der Waals surface area contributed by atoms with E-state index in [0.717, 1.165) is 0 Å². The molecule has 2 aromatic heterocycles. The Balaban J connectivity index is 2.02. The zero-order chi connectivity index (χ0) is 12.3. The van der Waals surface area contributed by atoms with Crippen LogP contribution in [0.2, 0.25) is 5.02 Å². The van der Waals surface area contributed by atoms with Crippen molar-refractivity contribution in [2.75, 3.05) is 5.75 Å². The maximum Gasteiger partial charge on any atom is 0.189 e. The van der Waals surface area contributed by atoms with Crippen molar-refractivity contribution >= 4 is 29.1 Å². The molecule has 0 saturated heterocycles. The Hall–Kier alpha value is -1.26. The number of carbonyl (C=O) groups is 1. The first-order chi connectivity index (χ1) is 8.18. The molecule has 17 heavy (non-hydrogen) atoms. The molecule has 0 aromatic carbocycles. The third kappa shape index (κ3) is 2.90. The van der Waals surface area contributed by atoms with Gasteiger partial charge in [0, 0.05) is 19.4 Å². The number of Topliss-reactive ketones (excluding diaryl/α,β-unsaturated/α-hetero) is 1. The molecular formula is C12H11ClN2OS. The van der Waals surface area contributed by atoms with Crippen LogP contribution < -0.4 is 0 Å². The molecule has 2 aromatic rings. The molecule has 0 unspecified atom stereocenters. The van der Waals surface area contributed by atoms with Crippen molar-refractivity contribution in [2.45, 2.75) is 5.03 Å². The minimum absolute atomic E-state index is 0.0734. The molecule has 0 bridgehead atoms. The zero-order valence-electron chi connectivity index (χ0n) is 9.26. The third-order valence-corrected chi connectivity index (χ3v) is 3.72. The van der Waals surface area contributed by atoms with Crippen LogP contribution in [0.5, 0.6) is 0 Å². The van der Waals surface area contributed by atoms with E-state index in [1.165, 1.54) is 11.8 Å². The summed E-state index contributed by atoms with van der Waals surface area (Å²) in [6.45, 7) is 0. The van der Waals surface area contributed by atoms with Crippen molar-refractivity contribution in [3.63, 3.8) is 0 Å². The van der Waals surface area contributed by atoms with E-state index in [4.69, 9.17) is 11.6 Å². The van der Waals surface area contributed by atoms with Crippen LogP contribution in [0.1, 0.15) is 10.5 Å². The number of aromatic nitrogens is 2. The smallest absolute Gasteiger partial charge is 0.189 e. The summed E-state index contributed by atoms with van der Waals surface area (Å²) in [4.78, 5) is 16.0. The van der Waals surface area contributed by atoms with E-state index in [2.05, 4.69) is 4.98 Å². The van der Waals surface area contributed by atoms with E-state index in [1.807, 2.05) is 29.9 Å². The number of carbonyl (C=O) groups excluding carboxylic acids is 1. The molecule has 0 amide bonds. The van der Waals surface area contributed by atoms with Gasteiger partial charge in [-0.2, -0.15) is 0 Å². The molecule has 5 heteroatoms. The number of hydrogen-bond donors (Lipinski definition) is 0. The summed E-state index contributed by atoms with van der Waals surface area (Å²) >= 11 is 7.32. The van der Waals surface area contributed by atoms with E-state index >= 15 is 0 Å². The summed E-state index contributed by atoms with van der Waals surface area (Å²) in [6, 6.07) is 7.20. The Kier molecular flexibility index (Phi) is 3.86. The van der Waals surface area contributed by atoms with Crippen molar-refractivity contribution in [3.8, 4) is 0 Å². The normalized spacial score (nSPS) is 10.5. The second-order valence-electron chi connectivity index (χ2n) is 3.51. The molecule has 88 valence electrons. The van der Waals surface area contributed by atoms with Crippen LogP contribution in [0.15, 0.2) is 41.7 Å². The standard InChI is InChI=1S/C12H11ClN2OS/c1-15-7-3-5-10(15)11(16)8-17-12-9(13)4-2-6-14-12/h2-7H,8H2,1H3. The lowest BCUT2D eigenvalue weighted by Gasteiger charge is -2.03. The largest absolute Gasteiger partial charge is 0.348 e. The summed E-state index contributed by atoms with van der Waals surface area (Å²) in [5.74, 6) is 0.415. The number of thioether (sulfide) groups is 1. The molecule has 0 fully saturated rings. The molecule has 0 aliphatic rings. The number of nitrogens with zero attached hydrogens (tertiary/aromatic N) is 2. The van der Waals surface area contributed by atoms with Crippen molar-refractivity contribution in [2.24, 2.45) is 7.05 Å². The van der Waals surface area contributed by atoms with Gasteiger partial charge in [0.15, 0.2) is 5.78 Å². The van der Waals surface area contributed by atoms with E-state index in [9.17, 15) is 4.79 Å². The fourth-order valence-electron chi connectivity index (χ4n) is 1.44. The van der Waals surface area contributed by atoms with Gasteiger partial charge < -0.3 is 4.57 Å². The van der Waals surface area contributed by atoms with Crippen LogP contribution in [0.3, 0.4) is 0 Å². The Bertz CT molecular complexity index is 539. The first-order valence-electron chi connectivity index (χ1n) is 5.06. The fraction of sp³-hybridized carbons (Fsp3) is 0.167. The van der Waals surface area contributed by atoms with E-state index < -0.39 is 0 Å². The molecule has 0 N–H and O–H groups in total. The number of rotatable bonds is 4. The fourth-order valence-corrected chi connectivity index (χ4v) is 2.48. The second-order valence-corrected chi connectivity index (χ2v) is 4.88. The van der Waals surface area contributed by atoms with Gasteiger partial charge in [0.1, 0.15) is 5.03 Å². The molecule has 0 spiro atoms. The highest BCUT2D eigenvalue weighted by Gasteiger charge is 2.11. The van der Waals surface area contributed by atoms with Crippen molar-refractivity contribution in [1.82, 2.24) is 9.55 Å². The molecule has 0 aliphatic heterocycles. The maximum atomic E-state index is 11.9. The average molecular weight is 267 g/mol. The summed E-state index contributed by atoms with van der Waals surface area (Å²) in [5, 5.41) is 1.27. The monoisotopic (exact) mass is 266 g/mol.